The summed E-state index contributed by atoms with van der Waals surface area (Å²) < 4.78 is 5.94. The molecule has 3 aromatic rings. The highest BCUT2D eigenvalue weighted by atomic mass is 35.5. The monoisotopic (exact) mass is 300 g/mol. The van der Waals surface area contributed by atoms with Gasteiger partial charge in [-0.25, -0.2) is 0 Å². The maximum Gasteiger partial charge on any atom is 0.157 e. The van der Waals surface area contributed by atoms with Crippen LogP contribution in [-0.2, 0) is 6.42 Å². The molecule has 1 N–H and O–H groups in total. The molecular formula is C18H17ClO2. The summed E-state index contributed by atoms with van der Waals surface area (Å²) in [7, 11) is 0. The molecule has 2 aromatic carbocycles. The van der Waals surface area contributed by atoms with Crippen molar-refractivity contribution in [2.24, 2.45) is 0 Å². The number of rotatable bonds is 3. The topological polar surface area (TPSA) is 33.4 Å². The zero-order valence-electron chi connectivity index (χ0n) is 12.1. The first-order chi connectivity index (χ1) is 10.1. The molecule has 108 valence electrons. The number of furan rings is 1. The Labute approximate surface area is 129 Å². The zero-order chi connectivity index (χ0) is 15.0. The van der Waals surface area contributed by atoms with E-state index in [-0.39, 0.29) is 0 Å². The molecule has 0 saturated carbocycles. The molecule has 0 atom stereocenters. The van der Waals surface area contributed by atoms with Crippen LogP contribution in [-0.4, -0.2) is 5.11 Å². The molecule has 21 heavy (non-hydrogen) atoms. The van der Waals surface area contributed by atoms with Gasteiger partial charge in [0.05, 0.1) is 10.4 Å². The van der Waals surface area contributed by atoms with Crippen molar-refractivity contribution in [2.45, 2.75) is 26.7 Å². The Hall–Kier alpha value is -1.93. The van der Waals surface area contributed by atoms with E-state index in [1.807, 2.05) is 37.3 Å². The van der Waals surface area contributed by atoms with Crippen LogP contribution in [0.3, 0.4) is 0 Å². The van der Waals surface area contributed by atoms with E-state index in [0.717, 1.165) is 40.7 Å². The Bertz CT molecular complexity index is 788. The van der Waals surface area contributed by atoms with Gasteiger partial charge in [-0.3, -0.25) is 0 Å². The van der Waals surface area contributed by atoms with E-state index in [2.05, 4.69) is 6.92 Å². The molecule has 2 nitrogen and oxygen atoms in total. The highest BCUT2D eigenvalue weighted by molar-refractivity contribution is 6.35. The van der Waals surface area contributed by atoms with Gasteiger partial charge in [0.1, 0.15) is 11.5 Å². The highest BCUT2D eigenvalue weighted by Gasteiger charge is 2.20. The number of halogens is 1. The van der Waals surface area contributed by atoms with Crippen LogP contribution in [0.15, 0.2) is 40.8 Å². The minimum atomic E-state index is 0.291. The molecular weight excluding hydrogens is 284 g/mol. The molecule has 1 heterocycles. The molecule has 1 aromatic heterocycles. The number of hydrogen-bond acceptors (Lipinski definition) is 2. The number of aromatic hydroxyl groups is 1. The maximum atomic E-state index is 10.5. The number of phenolic OH excluding ortho intramolecular Hbond substituents is 1. The minimum absolute atomic E-state index is 0.291. The van der Waals surface area contributed by atoms with E-state index in [4.69, 9.17) is 16.0 Å². The number of phenols is 1. The smallest absolute Gasteiger partial charge is 0.157 e. The molecule has 0 spiro atoms. The second kappa shape index (κ2) is 5.45. The molecule has 3 rings (SSSR count). The lowest BCUT2D eigenvalue weighted by Gasteiger charge is -2.05. The summed E-state index contributed by atoms with van der Waals surface area (Å²) in [5.41, 5.74) is 3.34. The Morgan fingerprint density at radius 1 is 1.19 bits per heavy atom. The maximum absolute atomic E-state index is 10.5. The fourth-order valence-corrected chi connectivity index (χ4v) is 3.00. The number of aryl methyl sites for hydroxylation is 2. The standard InChI is InChI=1S/C18H17ClO2/c1-3-7-13-10-14(19)18-15(16(13)20)11(2)17(21-18)12-8-5-4-6-9-12/h4-6,8-10,20H,3,7H2,1-2H3. The zero-order valence-corrected chi connectivity index (χ0v) is 12.9. The van der Waals surface area contributed by atoms with Gasteiger partial charge in [0, 0.05) is 11.1 Å². The Morgan fingerprint density at radius 2 is 1.90 bits per heavy atom. The van der Waals surface area contributed by atoms with Gasteiger partial charge in [-0.2, -0.15) is 0 Å². The molecule has 0 bridgehead atoms. The van der Waals surface area contributed by atoms with E-state index in [1.165, 1.54) is 0 Å². The van der Waals surface area contributed by atoms with Crippen LogP contribution in [0, 0.1) is 6.92 Å². The molecule has 0 amide bonds. The molecule has 0 aliphatic rings. The van der Waals surface area contributed by atoms with Crippen LogP contribution in [0.5, 0.6) is 5.75 Å². The van der Waals surface area contributed by atoms with E-state index >= 15 is 0 Å². The first kappa shape index (κ1) is 14.0. The average Bonchev–Trinajstić information content (AvgIpc) is 2.84. The number of hydrogen-bond donors (Lipinski definition) is 1. The van der Waals surface area contributed by atoms with Gasteiger partial charge in [0.2, 0.25) is 0 Å². The summed E-state index contributed by atoms with van der Waals surface area (Å²) in [6.07, 6.45) is 1.75. The van der Waals surface area contributed by atoms with Gasteiger partial charge < -0.3 is 9.52 Å². The van der Waals surface area contributed by atoms with Gasteiger partial charge in [0.25, 0.3) is 0 Å². The van der Waals surface area contributed by atoms with E-state index in [1.54, 1.807) is 6.07 Å². The van der Waals surface area contributed by atoms with Crippen molar-refractivity contribution in [1.82, 2.24) is 0 Å². The summed E-state index contributed by atoms with van der Waals surface area (Å²) in [6, 6.07) is 11.7. The lowest BCUT2D eigenvalue weighted by atomic mass is 10.0. The van der Waals surface area contributed by atoms with Crippen molar-refractivity contribution in [3.8, 4) is 17.1 Å². The van der Waals surface area contributed by atoms with Crippen molar-refractivity contribution in [2.75, 3.05) is 0 Å². The van der Waals surface area contributed by atoms with Crippen molar-refractivity contribution in [3.05, 3.63) is 52.5 Å². The van der Waals surface area contributed by atoms with Crippen LogP contribution in [0.4, 0.5) is 0 Å². The molecule has 0 fully saturated rings. The second-order valence-electron chi connectivity index (χ2n) is 5.24. The SMILES string of the molecule is CCCc1cc(Cl)c2oc(-c3ccccc3)c(C)c2c1O. The predicted molar refractivity (Wildman–Crippen MR) is 87.1 cm³/mol. The van der Waals surface area contributed by atoms with E-state index in [9.17, 15) is 5.11 Å². The van der Waals surface area contributed by atoms with Crippen LogP contribution < -0.4 is 0 Å². The normalized spacial score (nSPS) is 11.2. The fourth-order valence-electron chi connectivity index (χ4n) is 2.74. The fraction of sp³-hybridized carbons (Fsp3) is 0.222. The Kier molecular flexibility index (Phi) is 3.64. The number of benzene rings is 2. The Morgan fingerprint density at radius 3 is 2.57 bits per heavy atom. The third kappa shape index (κ3) is 2.30. The van der Waals surface area contributed by atoms with Crippen LogP contribution in [0.1, 0.15) is 24.5 Å². The predicted octanol–water partition coefficient (Wildman–Crippen LogP) is 5.72. The molecule has 3 heteroatoms. The summed E-state index contributed by atoms with van der Waals surface area (Å²) >= 11 is 6.34. The first-order valence-corrected chi connectivity index (χ1v) is 7.50. The van der Waals surface area contributed by atoms with Crippen LogP contribution in [0.25, 0.3) is 22.3 Å². The van der Waals surface area contributed by atoms with E-state index < -0.39 is 0 Å². The lowest BCUT2D eigenvalue weighted by molar-refractivity contribution is 0.473. The molecule has 0 aliphatic heterocycles. The van der Waals surface area contributed by atoms with Crippen molar-refractivity contribution >= 4 is 22.6 Å². The Balaban J connectivity index is 2.30. The highest BCUT2D eigenvalue weighted by Crippen LogP contribution is 2.42. The summed E-state index contributed by atoms with van der Waals surface area (Å²) in [5, 5.41) is 11.8. The van der Waals surface area contributed by atoms with Gasteiger partial charge in [-0.1, -0.05) is 55.3 Å². The third-order valence-corrected chi connectivity index (χ3v) is 4.04. The second-order valence-corrected chi connectivity index (χ2v) is 5.65. The molecule has 0 radical (unpaired) electrons. The molecule has 0 saturated heterocycles. The van der Waals surface area contributed by atoms with Crippen molar-refractivity contribution in [1.29, 1.82) is 0 Å². The minimum Gasteiger partial charge on any atom is -0.507 e. The molecule has 0 aliphatic carbocycles. The van der Waals surface area contributed by atoms with Crippen molar-refractivity contribution in [3.63, 3.8) is 0 Å². The average molecular weight is 301 g/mol. The van der Waals surface area contributed by atoms with Gasteiger partial charge >= 0.3 is 0 Å². The summed E-state index contributed by atoms with van der Waals surface area (Å²) in [5.74, 6) is 1.05. The quantitative estimate of drug-likeness (QED) is 0.671. The summed E-state index contributed by atoms with van der Waals surface area (Å²) in [6.45, 7) is 4.04. The van der Waals surface area contributed by atoms with Crippen molar-refractivity contribution < 1.29 is 9.52 Å². The van der Waals surface area contributed by atoms with Crippen LogP contribution in [0.2, 0.25) is 5.02 Å². The largest absolute Gasteiger partial charge is 0.507 e. The van der Waals surface area contributed by atoms with Crippen LogP contribution >= 0.6 is 11.6 Å². The lowest BCUT2D eigenvalue weighted by Crippen LogP contribution is -1.86. The van der Waals surface area contributed by atoms with Gasteiger partial charge in [-0.15, -0.1) is 0 Å². The summed E-state index contributed by atoms with van der Waals surface area (Å²) in [4.78, 5) is 0. The first-order valence-electron chi connectivity index (χ1n) is 7.12. The third-order valence-electron chi connectivity index (χ3n) is 3.76. The van der Waals surface area contributed by atoms with Gasteiger partial charge in [0.15, 0.2) is 5.58 Å². The molecule has 0 unspecified atom stereocenters. The number of fused-ring (bicyclic) bond motifs is 1. The van der Waals surface area contributed by atoms with E-state index in [0.29, 0.717) is 16.4 Å². The van der Waals surface area contributed by atoms with Gasteiger partial charge in [-0.05, 0) is 25.0 Å².